The van der Waals surface area contributed by atoms with E-state index >= 15 is 0 Å². The SMILES string of the molecule is CCCCOC(=O)[C@@H](CC)N(CCCOc1ccc(OC)cc1)Cc1cccc(O[C@H](CC)C(=O)OCCCC)c1. The molecule has 0 bridgehead atoms. The highest BCUT2D eigenvalue weighted by atomic mass is 16.6. The minimum atomic E-state index is -0.662. The first-order chi connectivity index (χ1) is 19.9. The fraction of sp³-hybridized carbons (Fsp3) is 0.576. The van der Waals surface area contributed by atoms with Crippen LogP contribution in [0.1, 0.15) is 78.2 Å². The monoisotopic (exact) mass is 571 g/mol. The molecule has 8 heteroatoms. The summed E-state index contributed by atoms with van der Waals surface area (Å²) >= 11 is 0. The maximum Gasteiger partial charge on any atom is 0.347 e. The average Bonchev–Trinajstić information content (AvgIpc) is 2.99. The highest BCUT2D eigenvalue weighted by molar-refractivity contribution is 5.76. The number of unbranched alkanes of at least 4 members (excludes halogenated alkanes) is 2. The van der Waals surface area contributed by atoms with Gasteiger partial charge in [-0.05, 0) is 74.1 Å². The van der Waals surface area contributed by atoms with Crippen molar-refractivity contribution < 1.29 is 33.3 Å². The van der Waals surface area contributed by atoms with Crippen LogP contribution in [0.15, 0.2) is 48.5 Å². The Labute approximate surface area is 246 Å². The van der Waals surface area contributed by atoms with Gasteiger partial charge in [0.05, 0.1) is 26.9 Å². The lowest BCUT2D eigenvalue weighted by molar-refractivity contribution is -0.152. The molecule has 0 aromatic heterocycles. The van der Waals surface area contributed by atoms with E-state index in [1.54, 1.807) is 7.11 Å². The van der Waals surface area contributed by atoms with E-state index in [4.69, 9.17) is 23.7 Å². The summed E-state index contributed by atoms with van der Waals surface area (Å²) in [6.07, 6.45) is 4.80. The van der Waals surface area contributed by atoms with Gasteiger partial charge in [0.25, 0.3) is 0 Å². The van der Waals surface area contributed by atoms with Crippen LogP contribution in [0.5, 0.6) is 17.2 Å². The number of methoxy groups -OCH3 is 1. The van der Waals surface area contributed by atoms with Gasteiger partial charge in [-0.3, -0.25) is 9.69 Å². The third-order valence-electron chi connectivity index (χ3n) is 6.70. The molecule has 0 unspecified atom stereocenters. The number of carbonyl (C=O) groups is 2. The van der Waals surface area contributed by atoms with Crippen LogP contribution in [0, 0.1) is 0 Å². The highest BCUT2D eigenvalue weighted by Crippen LogP contribution is 2.21. The summed E-state index contributed by atoms with van der Waals surface area (Å²) in [5, 5.41) is 0. The molecule has 2 aromatic rings. The lowest BCUT2D eigenvalue weighted by Crippen LogP contribution is -2.42. The molecule has 0 amide bonds. The molecule has 0 aliphatic rings. The molecule has 2 aromatic carbocycles. The fourth-order valence-corrected chi connectivity index (χ4v) is 4.29. The molecule has 2 atom stereocenters. The zero-order chi connectivity index (χ0) is 29.9. The predicted octanol–water partition coefficient (Wildman–Crippen LogP) is 6.59. The molecule has 0 saturated heterocycles. The molecule has 0 saturated carbocycles. The van der Waals surface area contributed by atoms with Crippen molar-refractivity contribution in [1.82, 2.24) is 4.90 Å². The summed E-state index contributed by atoms with van der Waals surface area (Å²) in [6.45, 7) is 10.5. The Morgan fingerprint density at radius 2 is 1.41 bits per heavy atom. The molecule has 228 valence electrons. The largest absolute Gasteiger partial charge is 0.497 e. The van der Waals surface area contributed by atoms with Crippen molar-refractivity contribution in [3.63, 3.8) is 0 Å². The zero-order valence-electron chi connectivity index (χ0n) is 25.6. The first-order valence-electron chi connectivity index (χ1n) is 15.0. The van der Waals surface area contributed by atoms with E-state index in [2.05, 4.69) is 18.7 Å². The number of esters is 2. The summed E-state index contributed by atoms with van der Waals surface area (Å²) in [4.78, 5) is 27.7. The lowest BCUT2D eigenvalue weighted by atomic mass is 10.1. The fourth-order valence-electron chi connectivity index (χ4n) is 4.29. The molecule has 0 radical (unpaired) electrons. The topological polar surface area (TPSA) is 83.5 Å². The van der Waals surface area contributed by atoms with Crippen molar-refractivity contribution in [2.24, 2.45) is 0 Å². The van der Waals surface area contributed by atoms with Gasteiger partial charge in [0, 0.05) is 13.1 Å². The Kier molecular flexibility index (Phi) is 16.4. The van der Waals surface area contributed by atoms with Crippen LogP contribution in [0.25, 0.3) is 0 Å². The second-order valence-corrected chi connectivity index (χ2v) is 9.98. The molecule has 0 N–H and O–H groups in total. The maximum absolute atomic E-state index is 13.0. The number of hydrogen-bond donors (Lipinski definition) is 0. The second kappa shape index (κ2) is 19.8. The third-order valence-corrected chi connectivity index (χ3v) is 6.70. The highest BCUT2D eigenvalue weighted by Gasteiger charge is 2.26. The summed E-state index contributed by atoms with van der Waals surface area (Å²) < 4.78 is 28.1. The number of hydrogen-bond acceptors (Lipinski definition) is 8. The van der Waals surface area contributed by atoms with Crippen LogP contribution < -0.4 is 14.2 Å². The number of ether oxygens (including phenoxy) is 5. The molecule has 0 aliphatic carbocycles. The van der Waals surface area contributed by atoms with Crippen molar-refractivity contribution in [1.29, 1.82) is 0 Å². The van der Waals surface area contributed by atoms with Crippen LogP contribution in [0.2, 0.25) is 0 Å². The molecule has 8 nitrogen and oxygen atoms in total. The molecular weight excluding hydrogens is 522 g/mol. The molecule has 0 aliphatic heterocycles. The first kappa shape index (κ1) is 33.9. The van der Waals surface area contributed by atoms with Gasteiger partial charge >= 0.3 is 11.9 Å². The molecular formula is C33H49NO7. The van der Waals surface area contributed by atoms with Crippen LogP contribution >= 0.6 is 0 Å². The van der Waals surface area contributed by atoms with E-state index in [1.807, 2.05) is 62.4 Å². The summed E-state index contributed by atoms with van der Waals surface area (Å²) in [5.74, 6) is 1.60. The summed E-state index contributed by atoms with van der Waals surface area (Å²) in [5.41, 5.74) is 0.979. The van der Waals surface area contributed by atoms with Crippen LogP contribution in [-0.4, -0.2) is 62.5 Å². The quantitative estimate of drug-likeness (QED) is 0.123. The van der Waals surface area contributed by atoms with E-state index in [9.17, 15) is 9.59 Å². The number of nitrogens with zero attached hydrogens (tertiary/aromatic N) is 1. The van der Waals surface area contributed by atoms with Crippen LogP contribution in [0.3, 0.4) is 0 Å². The number of carbonyl (C=O) groups excluding carboxylic acids is 2. The van der Waals surface area contributed by atoms with Gasteiger partial charge in [0.1, 0.15) is 23.3 Å². The van der Waals surface area contributed by atoms with Gasteiger partial charge in [-0.15, -0.1) is 0 Å². The maximum atomic E-state index is 13.0. The third kappa shape index (κ3) is 12.4. The second-order valence-electron chi connectivity index (χ2n) is 9.98. The van der Waals surface area contributed by atoms with Crippen molar-refractivity contribution in [2.45, 2.75) is 91.3 Å². The van der Waals surface area contributed by atoms with E-state index in [0.29, 0.717) is 51.5 Å². The minimum absolute atomic E-state index is 0.203. The summed E-state index contributed by atoms with van der Waals surface area (Å²) in [7, 11) is 1.63. The Hall–Kier alpha value is -3.26. The van der Waals surface area contributed by atoms with Crippen molar-refractivity contribution in [3.05, 3.63) is 54.1 Å². The minimum Gasteiger partial charge on any atom is -0.497 e. The molecule has 41 heavy (non-hydrogen) atoms. The number of rotatable bonds is 21. The van der Waals surface area contributed by atoms with E-state index in [-0.39, 0.29) is 18.0 Å². The van der Waals surface area contributed by atoms with Crippen LogP contribution in [-0.2, 0) is 25.6 Å². The smallest absolute Gasteiger partial charge is 0.347 e. The zero-order valence-corrected chi connectivity index (χ0v) is 25.6. The van der Waals surface area contributed by atoms with Gasteiger partial charge in [-0.2, -0.15) is 0 Å². The van der Waals surface area contributed by atoms with Gasteiger partial charge in [0.15, 0.2) is 6.10 Å². The van der Waals surface area contributed by atoms with Crippen LogP contribution in [0.4, 0.5) is 0 Å². The normalized spacial score (nSPS) is 12.4. The van der Waals surface area contributed by atoms with Gasteiger partial charge in [-0.1, -0.05) is 52.7 Å². The van der Waals surface area contributed by atoms with Gasteiger partial charge in [-0.25, -0.2) is 4.79 Å². The first-order valence-corrected chi connectivity index (χ1v) is 15.0. The van der Waals surface area contributed by atoms with Gasteiger partial charge in [0.2, 0.25) is 0 Å². The van der Waals surface area contributed by atoms with E-state index in [0.717, 1.165) is 49.2 Å². The van der Waals surface area contributed by atoms with E-state index in [1.165, 1.54) is 0 Å². The standard InChI is InChI=1S/C33H49NO7/c1-6-10-21-39-32(35)30(8-3)34(20-13-23-38-28-18-16-27(37-5)17-19-28)25-26-14-12-15-29(24-26)41-31(9-4)33(36)40-22-11-7-2/h12,14-19,24,30-31H,6-11,13,20-23,25H2,1-5H3/t30-,31-/m1/s1. The average molecular weight is 572 g/mol. The molecule has 2 rings (SSSR count). The van der Waals surface area contributed by atoms with Gasteiger partial charge < -0.3 is 23.7 Å². The Balaban J connectivity index is 2.09. The van der Waals surface area contributed by atoms with Crippen molar-refractivity contribution in [3.8, 4) is 17.2 Å². The van der Waals surface area contributed by atoms with E-state index < -0.39 is 6.10 Å². The Morgan fingerprint density at radius 1 is 0.756 bits per heavy atom. The lowest BCUT2D eigenvalue weighted by Gasteiger charge is -2.30. The van der Waals surface area contributed by atoms with Crippen molar-refractivity contribution >= 4 is 11.9 Å². The number of benzene rings is 2. The molecule has 0 fully saturated rings. The Morgan fingerprint density at radius 3 is 2.02 bits per heavy atom. The van der Waals surface area contributed by atoms with Crippen molar-refractivity contribution in [2.75, 3.05) is 33.5 Å². The molecule has 0 spiro atoms. The predicted molar refractivity (Wildman–Crippen MR) is 160 cm³/mol. The molecule has 0 heterocycles. The Bertz CT molecular complexity index is 1010. The summed E-state index contributed by atoms with van der Waals surface area (Å²) in [6, 6.07) is 14.8.